The Hall–Kier alpha value is -3.28. The maximum absolute atomic E-state index is 12.7. The van der Waals surface area contributed by atoms with Crippen LogP contribution in [-0.2, 0) is 18.3 Å². The number of hydrogen-bond donors (Lipinski definition) is 1. The van der Waals surface area contributed by atoms with E-state index in [2.05, 4.69) is 20.4 Å². The van der Waals surface area contributed by atoms with Crippen LogP contribution in [0.5, 0.6) is 0 Å². The van der Waals surface area contributed by atoms with Crippen molar-refractivity contribution in [2.45, 2.75) is 27.2 Å². The van der Waals surface area contributed by atoms with Gasteiger partial charge in [-0.2, -0.15) is 5.10 Å². The third kappa shape index (κ3) is 3.03. The van der Waals surface area contributed by atoms with Gasteiger partial charge in [-0.15, -0.1) is 0 Å². The molecule has 0 fully saturated rings. The van der Waals surface area contributed by atoms with Crippen molar-refractivity contribution in [1.82, 2.24) is 19.7 Å². The molecule has 27 heavy (non-hydrogen) atoms. The molecule has 0 spiro atoms. The van der Waals surface area contributed by atoms with Crippen molar-refractivity contribution < 1.29 is 4.79 Å². The maximum atomic E-state index is 12.7. The number of nitrogens with one attached hydrogen (secondary N) is 1. The second-order valence-corrected chi connectivity index (χ2v) is 6.85. The molecule has 3 aromatic heterocycles. The molecule has 0 bridgehead atoms. The topological polar surface area (TPSA) is 72.7 Å². The number of carbonyl (C=O) groups excluding carboxylic acids is 1. The number of benzene rings is 1. The highest BCUT2D eigenvalue weighted by Crippen LogP contribution is 2.24. The summed E-state index contributed by atoms with van der Waals surface area (Å²) in [7, 11) is 1.86. The van der Waals surface area contributed by atoms with Crippen molar-refractivity contribution in [2.24, 2.45) is 7.05 Å². The summed E-state index contributed by atoms with van der Waals surface area (Å²) >= 11 is 0. The third-order valence-corrected chi connectivity index (χ3v) is 4.97. The molecule has 0 aliphatic carbocycles. The fourth-order valence-corrected chi connectivity index (χ4v) is 3.57. The predicted molar refractivity (Wildman–Crippen MR) is 107 cm³/mol. The highest BCUT2D eigenvalue weighted by atomic mass is 16.1. The van der Waals surface area contributed by atoms with Crippen molar-refractivity contribution in [3.8, 4) is 0 Å². The van der Waals surface area contributed by atoms with E-state index in [-0.39, 0.29) is 12.3 Å². The van der Waals surface area contributed by atoms with Gasteiger partial charge in [0.2, 0.25) is 5.91 Å². The zero-order valence-corrected chi connectivity index (χ0v) is 15.9. The van der Waals surface area contributed by atoms with Crippen LogP contribution in [0.4, 0.5) is 5.69 Å². The van der Waals surface area contributed by atoms with Crippen LogP contribution in [0.1, 0.15) is 22.5 Å². The average Bonchev–Trinajstić information content (AvgIpc) is 2.92. The van der Waals surface area contributed by atoms with Crippen molar-refractivity contribution in [3.63, 3.8) is 0 Å². The highest BCUT2D eigenvalue weighted by molar-refractivity contribution is 5.95. The van der Waals surface area contributed by atoms with E-state index in [1.807, 2.05) is 58.2 Å². The summed E-state index contributed by atoms with van der Waals surface area (Å²) in [6.45, 7) is 5.93. The average molecular weight is 359 g/mol. The van der Waals surface area contributed by atoms with Crippen LogP contribution in [0.3, 0.4) is 0 Å². The minimum absolute atomic E-state index is 0.0824. The van der Waals surface area contributed by atoms with Crippen LogP contribution in [0, 0.1) is 20.8 Å². The number of para-hydroxylation sites is 1. The summed E-state index contributed by atoms with van der Waals surface area (Å²) in [4.78, 5) is 21.7. The standard InChI is InChI=1S/C21H21N5O/c1-12-16-7-5-6-8-19(16)23-13(2)17(12)10-20(27)24-15-9-18-14(3)25-26(4)21(18)22-11-15/h5-9,11H,10H2,1-4H3,(H,24,27). The van der Waals surface area contributed by atoms with Gasteiger partial charge in [0.1, 0.15) is 0 Å². The number of pyridine rings is 2. The van der Waals surface area contributed by atoms with Crippen LogP contribution in [0.15, 0.2) is 36.5 Å². The molecular formula is C21H21N5O. The van der Waals surface area contributed by atoms with Crippen LogP contribution in [-0.4, -0.2) is 25.7 Å². The minimum atomic E-state index is -0.0824. The van der Waals surface area contributed by atoms with E-state index in [4.69, 9.17) is 0 Å². The Morgan fingerprint density at radius 1 is 1.11 bits per heavy atom. The number of amides is 1. The lowest BCUT2D eigenvalue weighted by atomic mass is 9.99. The van der Waals surface area contributed by atoms with Gasteiger partial charge < -0.3 is 5.32 Å². The highest BCUT2D eigenvalue weighted by Gasteiger charge is 2.14. The molecule has 0 radical (unpaired) electrons. The Kier molecular flexibility index (Phi) is 4.11. The van der Waals surface area contributed by atoms with Crippen molar-refractivity contribution >= 4 is 33.5 Å². The third-order valence-electron chi connectivity index (χ3n) is 4.97. The Labute approximate surface area is 157 Å². The zero-order chi connectivity index (χ0) is 19.1. The summed E-state index contributed by atoms with van der Waals surface area (Å²) in [6, 6.07) is 9.93. The van der Waals surface area contributed by atoms with E-state index < -0.39 is 0 Å². The molecule has 0 aliphatic rings. The Balaban J connectivity index is 1.61. The number of rotatable bonds is 3. The van der Waals surface area contributed by atoms with E-state index in [9.17, 15) is 4.79 Å². The normalized spacial score (nSPS) is 11.3. The summed E-state index contributed by atoms with van der Waals surface area (Å²) in [6.07, 6.45) is 1.94. The molecule has 1 N–H and O–H groups in total. The lowest BCUT2D eigenvalue weighted by Crippen LogP contribution is -2.16. The molecule has 4 aromatic rings. The van der Waals surface area contributed by atoms with Gasteiger partial charge in [-0.05, 0) is 44.0 Å². The molecule has 3 heterocycles. The summed E-state index contributed by atoms with van der Waals surface area (Å²) in [5.74, 6) is -0.0824. The van der Waals surface area contributed by atoms with Gasteiger partial charge in [0.15, 0.2) is 5.65 Å². The second kappa shape index (κ2) is 6.46. The fourth-order valence-electron chi connectivity index (χ4n) is 3.57. The number of nitrogens with zero attached hydrogens (tertiary/aromatic N) is 4. The van der Waals surface area contributed by atoms with Crippen LogP contribution >= 0.6 is 0 Å². The minimum Gasteiger partial charge on any atom is -0.324 e. The largest absolute Gasteiger partial charge is 0.324 e. The molecule has 6 nitrogen and oxygen atoms in total. The van der Waals surface area contributed by atoms with Gasteiger partial charge in [0, 0.05) is 23.5 Å². The SMILES string of the molecule is Cc1nc2ccccc2c(C)c1CC(=O)Nc1cnc2c(c1)c(C)nn2C. The van der Waals surface area contributed by atoms with Crippen LogP contribution in [0.2, 0.25) is 0 Å². The number of anilines is 1. The van der Waals surface area contributed by atoms with Crippen LogP contribution in [0.25, 0.3) is 21.9 Å². The number of hydrogen-bond acceptors (Lipinski definition) is 4. The molecule has 4 rings (SSSR count). The first kappa shape index (κ1) is 17.1. The van der Waals surface area contributed by atoms with E-state index in [0.717, 1.165) is 44.5 Å². The van der Waals surface area contributed by atoms with Crippen LogP contribution < -0.4 is 5.32 Å². The van der Waals surface area contributed by atoms with Crippen molar-refractivity contribution in [1.29, 1.82) is 0 Å². The zero-order valence-electron chi connectivity index (χ0n) is 15.9. The molecule has 0 atom stereocenters. The van der Waals surface area contributed by atoms with Gasteiger partial charge in [0.05, 0.1) is 29.5 Å². The van der Waals surface area contributed by atoms with E-state index in [1.165, 1.54) is 0 Å². The molecule has 0 saturated heterocycles. The summed E-state index contributed by atoms with van der Waals surface area (Å²) in [5, 5.41) is 9.34. The number of aryl methyl sites for hydroxylation is 4. The quantitative estimate of drug-likeness (QED) is 0.606. The second-order valence-electron chi connectivity index (χ2n) is 6.85. The molecule has 136 valence electrons. The lowest BCUT2D eigenvalue weighted by Gasteiger charge is -2.12. The molecule has 0 saturated carbocycles. The fraction of sp³-hybridized carbons (Fsp3) is 0.238. The molecule has 0 unspecified atom stereocenters. The Morgan fingerprint density at radius 2 is 1.89 bits per heavy atom. The van der Waals surface area contributed by atoms with Crippen molar-refractivity contribution in [2.75, 3.05) is 5.32 Å². The van der Waals surface area contributed by atoms with Gasteiger partial charge in [0.25, 0.3) is 0 Å². The molecule has 0 aliphatic heterocycles. The molecular weight excluding hydrogens is 338 g/mol. The van der Waals surface area contributed by atoms with E-state index in [0.29, 0.717) is 5.69 Å². The monoisotopic (exact) mass is 359 g/mol. The van der Waals surface area contributed by atoms with Gasteiger partial charge in [-0.1, -0.05) is 18.2 Å². The summed E-state index contributed by atoms with van der Waals surface area (Å²) in [5.41, 5.74) is 6.28. The lowest BCUT2D eigenvalue weighted by molar-refractivity contribution is -0.115. The van der Waals surface area contributed by atoms with E-state index in [1.54, 1.807) is 10.9 Å². The predicted octanol–water partition coefficient (Wildman–Crippen LogP) is 3.62. The number of carbonyl (C=O) groups is 1. The summed E-state index contributed by atoms with van der Waals surface area (Å²) < 4.78 is 1.74. The number of fused-ring (bicyclic) bond motifs is 2. The first-order chi connectivity index (χ1) is 12.9. The first-order valence-electron chi connectivity index (χ1n) is 8.88. The van der Waals surface area contributed by atoms with E-state index >= 15 is 0 Å². The van der Waals surface area contributed by atoms with Crippen molar-refractivity contribution in [3.05, 3.63) is 59.0 Å². The Bertz CT molecular complexity index is 1190. The molecule has 1 amide bonds. The maximum Gasteiger partial charge on any atom is 0.228 e. The Morgan fingerprint density at radius 3 is 2.70 bits per heavy atom. The smallest absolute Gasteiger partial charge is 0.228 e. The van der Waals surface area contributed by atoms with Gasteiger partial charge in [-0.3, -0.25) is 14.5 Å². The first-order valence-corrected chi connectivity index (χ1v) is 8.88. The molecule has 6 heteroatoms. The number of aromatic nitrogens is 4. The molecule has 1 aromatic carbocycles. The van der Waals surface area contributed by atoms with Gasteiger partial charge >= 0.3 is 0 Å². The van der Waals surface area contributed by atoms with Gasteiger partial charge in [-0.25, -0.2) is 4.98 Å².